The van der Waals surface area contributed by atoms with E-state index in [0.29, 0.717) is 18.7 Å². The van der Waals surface area contributed by atoms with Crippen molar-refractivity contribution in [1.82, 2.24) is 0 Å². The van der Waals surface area contributed by atoms with Crippen molar-refractivity contribution in [3.63, 3.8) is 0 Å². The first-order valence-electron chi connectivity index (χ1n) is 5.27. The maximum absolute atomic E-state index is 11.1. The van der Waals surface area contributed by atoms with Crippen molar-refractivity contribution in [3.05, 3.63) is 23.8 Å². The summed E-state index contributed by atoms with van der Waals surface area (Å²) in [7, 11) is 1.40. The highest BCUT2D eigenvalue weighted by atomic mass is 16.5. The quantitative estimate of drug-likeness (QED) is 0.605. The Balaban J connectivity index is 2.06. The molecule has 4 nitrogen and oxygen atoms in total. The van der Waals surface area contributed by atoms with Crippen molar-refractivity contribution in [1.29, 1.82) is 0 Å². The van der Waals surface area contributed by atoms with Gasteiger partial charge in [-0.3, -0.25) is 4.79 Å². The Morgan fingerprint density at radius 2 is 2.44 bits per heavy atom. The summed E-state index contributed by atoms with van der Waals surface area (Å²) < 4.78 is 10.2. The highest BCUT2D eigenvalue weighted by Crippen LogP contribution is 2.30. The van der Waals surface area contributed by atoms with Crippen molar-refractivity contribution in [3.8, 4) is 5.75 Å². The Morgan fingerprint density at radius 3 is 3.19 bits per heavy atom. The molecule has 86 valence electrons. The number of fused-ring (bicyclic) bond motifs is 1. The van der Waals surface area contributed by atoms with E-state index in [1.807, 2.05) is 18.2 Å². The second-order valence-corrected chi connectivity index (χ2v) is 4.03. The Morgan fingerprint density at radius 1 is 1.62 bits per heavy atom. The number of ether oxygens (including phenoxy) is 2. The van der Waals surface area contributed by atoms with Crippen LogP contribution in [-0.2, 0) is 16.0 Å². The average molecular weight is 221 g/mol. The first-order valence-corrected chi connectivity index (χ1v) is 5.27. The number of esters is 1. The molecule has 1 aromatic rings. The SMILES string of the molecule is COC(=O)CC1COc2cc(N)ccc2C1. The molecular weight excluding hydrogens is 206 g/mol. The Bertz CT molecular complexity index is 403. The van der Waals surface area contributed by atoms with Gasteiger partial charge in [-0.05, 0) is 18.1 Å². The molecule has 1 aliphatic heterocycles. The van der Waals surface area contributed by atoms with Crippen LogP contribution in [0.2, 0.25) is 0 Å². The van der Waals surface area contributed by atoms with Gasteiger partial charge in [-0.2, -0.15) is 0 Å². The van der Waals surface area contributed by atoms with Gasteiger partial charge in [0, 0.05) is 17.7 Å². The maximum Gasteiger partial charge on any atom is 0.305 e. The van der Waals surface area contributed by atoms with Gasteiger partial charge in [0.1, 0.15) is 5.75 Å². The van der Waals surface area contributed by atoms with Gasteiger partial charge in [0.25, 0.3) is 0 Å². The Labute approximate surface area is 94.3 Å². The predicted molar refractivity (Wildman–Crippen MR) is 60.2 cm³/mol. The number of nitrogen functional groups attached to an aromatic ring is 1. The molecule has 2 rings (SSSR count). The van der Waals surface area contributed by atoms with Crippen LogP contribution in [0, 0.1) is 5.92 Å². The fourth-order valence-electron chi connectivity index (χ4n) is 1.90. The van der Waals surface area contributed by atoms with E-state index >= 15 is 0 Å². The van der Waals surface area contributed by atoms with Crippen LogP contribution < -0.4 is 10.5 Å². The molecule has 0 radical (unpaired) electrons. The van der Waals surface area contributed by atoms with Crippen molar-refractivity contribution in [2.45, 2.75) is 12.8 Å². The average Bonchev–Trinajstić information content (AvgIpc) is 2.29. The molecule has 0 saturated carbocycles. The number of nitrogens with two attached hydrogens (primary N) is 1. The van der Waals surface area contributed by atoms with Crippen LogP contribution >= 0.6 is 0 Å². The monoisotopic (exact) mass is 221 g/mol. The third-order valence-corrected chi connectivity index (χ3v) is 2.76. The summed E-state index contributed by atoms with van der Waals surface area (Å²) in [5.41, 5.74) is 7.47. The second-order valence-electron chi connectivity index (χ2n) is 4.03. The number of benzene rings is 1. The first kappa shape index (κ1) is 10.8. The van der Waals surface area contributed by atoms with Crippen LogP contribution in [0.4, 0.5) is 5.69 Å². The van der Waals surface area contributed by atoms with Crippen molar-refractivity contribution < 1.29 is 14.3 Å². The van der Waals surface area contributed by atoms with Gasteiger partial charge >= 0.3 is 5.97 Å². The fraction of sp³-hybridized carbons (Fsp3) is 0.417. The van der Waals surface area contributed by atoms with Gasteiger partial charge < -0.3 is 15.2 Å². The maximum atomic E-state index is 11.1. The molecule has 1 unspecified atom stereocenters. The zero-order chi connectivity index (χ0) is 11.5. The molecule has 0 amide bonds. The number of methoxy groups -OCH3 is 1. The van der Waals surface area contributed by atoms with Gasteiger partial charge in [0.2, 0.25) is 0 Å². The molecule has 4 heteroatoms. The lowest BCUT2D eigenvalue weighted by molar-refractivity contribution is -0.142. The Kier molecular flexibility index (Phi) is 2.99. The second kappa shape index (κ2) is 4.43. The van der Waals surface area contributed by atoms with E-state index in [-0.39, 0.29) is 11.9 Å². The van der Waals surface area contributed by atoms with E-state index in [4.69, 9.17) is 10.5 Å². The zero-order valence-corrected chi connectivity index (χ0v) is 9.23. The van der Waals surface area contributed by atoms with Gasteiger partial charge in [-0.1, -0.05) is 6.07 Å². The van der Waals surface area contributed by atoms with Crippen LogP contribution in [-0.4, -0.2) is 19.7 Å². The third-order valence-electron chi connectivity index (χ3n) is 2.76. The first-order chi connectivity index (χ1) is 7.69. The zero-order valence-electron chi connectivity index (χ0n) is 9.23. The van der Waals surface area contributed by atoms with Crippen LogP contribution in [0.5, 0.6) is 5.75 Å². The van der Waals surface area contributed by atoms with Crippen molar-refractivity contribution in [2.24, 2.45) is 5.92 Å². The van der Waals surface area contributed by atoms with E-state index in [9.17, 15) is 4.79 Å². The van der Waals surface area contributed by atoms with Gasteiger partial charge in [-0.25, -0.2) is 0 Å². The normalized spacial score (nSPS) is 18.4. The number of carbonyl (C=O) groups excluding carboxylic acids is 1. The molecule has 0 aromatic heterocycles. The van der Waals surface area contributed by atoms with Gasteiger partial charge in [-0.15, -0.1) is 0 Å². The van der Waals surface area contributed by atoms with E-state index < -0.39 is 0 Å². The molecule has 0 spiro atoms. The highest BCUT2D eigenvalue weighted by molar-refractivity contribution is 5.69. The lowest BCUT2D eigenvalue weighted by atomic mass is 9.94. The van der Waals surface area contributed by atoms with Crippen LogP contribution in [0.25, 0.3) is 0 Å². The summed E-state index contributed by atoms with van der Waals surface area (Å²) in [6.45, 7) is 0.547. The molecule has 1 atom stereocenters. The lowest BCUT2D eigenvalue weighted by Gasteiger charge is -2.24. The molecule has 1 heterocycles. The summed E-state index contributed by atoms with van der Waals surface area (Å²) in [6.07, 6.45) is 1.24. The summed E-state index contributed by atoms with van der Waals surface area (Å²) >= 11 is 0. The number of hydrogen-bond donors (Lipinski definition) is 1. The van der Waals surface area contributed by atoms with Crippen molar-refractivity contribution >= 4 is 11.7 Å². The minimum atomic E-state index is -0.188. The topological polar surface area (TPSA) is 61.5 Å². The Hall–Kier alpha value is -1.71. The van der Waals surface area contributed by atoms with E-state index in [2.05, 4.69) is 4.74 Å². The van der Waals surface area contributed by atoms with E-state index in [1.54, 1.807) is 0 Å². The summed E-state index contributed by atoms with van der Waals surface area (Å²) in [5, 5.41) is 0. The largest absolute Gasteiger partial charge is 0.493 e. The van der Waals surface area contributed by atoms with Gasteiger partial charge in [0.15, 0.2) is 0 Å². The molecule has 1 aliphatic rings. The third kappa shape index (κ3) is 2.27. The highest BCUT2D eigenvalue weighted by Gasteiger charge is 2.22. The molecule has 0 saturated heterocycles. The molecule has 1 aromatic carbocycles. The molecule has 0 fully saturated rings. The van der Waals surface area contributed by atoms with Crippen LogP contribution in [0.1, 0.15) is 12.0 Å². The standard InChI is InChI=1S/C12H15NO3/c1-15-12(14)5-8-4-9-2-3-10(13)6-11(9)16-7-8/h2-3,6,8H,4-5,7,13H2,1H3. The van der Waals surface area contributed by atoms with Crippen LogP contribution in [0.15, 0.2) is 18.2 Å². The molecular formula is C12H15NO3. The minimum absolute atomic E-state index is 0.188. The van der Waals surface area contributed by atoms with E-state index in [1.165, 1.54) is 7.11 Å². The molecule has 0 bridgehead atoms. The van der Waals surface area contributed by atoms with Crippen molar-refractivity contribution in [2.75, 3.05) is 19.5 Å². The van der Waals surface area contributed by atoms with Crippen LogP contribution in [0.3, 0.4) is 0 Å². The lowest BCUT2D eigenvalue weighted by Crippen LogP contribution is -2.24. The molecule has 2 N–H and O–H groups in total. The molecule has 16 heavy (non-hydrogen) atoms. The number of hydrogen-bond acceptors (Lipinski definition) is 4. The summed E-state index contributed by atoms with van der Waals surface area (Å²) in [5.74, 6) is 0.845. The number of anilines is 1. The number of rotatable bonds is 2. The fourth-order valence-corrected chi connectivity index (χ4v) is 1.90. The molecule has 0 aliphatic carbocycles. The van der Waals surface area contributed by atoms with E-state index in [0.717, 1.165) is 17.7 Å². The smallest absolute Gasteiger partial charge is 0.305 e. The summed E-state index contributed by atoms with van der Waals surface area (Å²) in [6, 6.07) is 5.63. The summed E-state index contributed by atoms with van der Waals surface area (Å²) in [4.78, 5) is 11.1. The minimum Gasteiger partial charge on any atom is -0.493 e. The predicted octanol–water partition coefficient (Wildman–Crippen LogP) is 1.38. The van der Waals surface area contributed by atoms with Gasteiger partial charge in [0.05, 0.1) is 20.1 Å². The number of carbonyl (C=O) groups is 1.